The lowest BCUT2D eigenvalue weighted by molar-refractivity contribution is 0.147. The SMILES string of the molecule is CCCCN(CCCl)C1CCOC1. The van der Waals surface area contributed by atoms with Gasteiger partial charge in [-0.2, -0.15) is 0 Å². The first-order valence-electron chi connectivity index (χ1n) is 5.26. The Morgan fingerprint density at radius 2 is 2.31 bits per heavy atom. The van der Waals surface area contributed by atoms with E-state index in [1.165, 1.54) is 25.8 Å². The second-order valence-electron chi connectivity index (χ2n) is 3.60. The molecule has 0 amide bonds. The number of nitrogens with zero attached hydrogens (tertiary/aromatic N) is 1. The molecule has 0 aromatic carbocycles. The number of halogens is 1. The van der Waals surface area contributed by atoms with Crippen LogP contribution in [0.3, 0.4) is 0 Å². The first kappa shape index (κ1) is 11.3. The van der Waals surface area contributed by atoms with E-state index in [1.807, 2.05) is 0 Å². The molecule has 1 aliphatic rings. The summed E-state index contributed by atoms with van der Waals surface area (Å²) in [7, 11) is 0. The van der Waals surface area contributed by atoms with Gasteiger partial charge in [0, 0.05) is 25.1 Å². The summed E-state index contributed by atoms with van der Waals surface area (Å²) in [6.45, 7) is 6.24. The summed E-state index contributed by atoms with van der Waals surface area (Å²) >= 11 is 5.77. The van der Waals surface area contributed by atoms with E-state index in [4.69, 9.17) is 16.3 Å². The van der Waals surface area contributed by atoms with Crippen molar-refractivity contribution in [3.8, 4) is 0 Å². The summed E-state index contributed by atoms with van der Waals surface area (Å²) in [6, 6.07) is 0.630. The van der Waals surface area contributed by atoms with E-state index in [0.29, 0.717) is 6.04 Å². The quantitative estimate of drug-likeness (QED) is 0.616. The van der Waals surface area contributed by atoms with E-state index >= 15 is 0 Å². The zero-order valence-corrected chi connectivity index (χ0v) is 9.22. The van der Waals surface area contributed by atoms with Crippen molar-refractivity contribution in [2.45, 2.75) is 32.2 Å². The third kappa shape index (κ3) is 3.84. The van der Waals surface area contributed by atoms with Gasteiger partial charge in [0.05, 0.1) is 6.61 Å². The van der Waals surface area contributed by atoms with Crippen LogP contribution in [0.5, 0.6) is 0 Å². The Morgan fingerprint density at radius 3 is 2.85 bits per heavy atom. The number of hydrogen-bond acceptors (Lipinski definition) is 2. The molecule has 0 aliphatic carbocycles. The Labute approximate surface area is 86.2 Å². The maximum Gasteiger partial charge on any atom is 0.0622 e. The van der Waals surface area contributed by atoms with Crippen molar-refractivity contribution in [3.63, 3.8) is 0 Å². The molecule has 0 bridgehead atoms. The Balaban J connectivity index is 2.26. The molecule has 78 valence electrons. The fourth-order valence-corrected chi connectivity index (χ4v) is 1.97. The van der Waals surface area contributed by atoms with Crippen LogP contribution in [0.15, 0.2) is 0 Å². The van der Waals surface area contributed by atoms with Crippen molar-refractivity contribution in [3.05, 3.63) is 0 Å². The van der Waals surface area contributed by atoms with Gasteiger partial charge in [-0.25, -0.2) is 0 Å². The summed E-state index contributed by atoms with van der Waals surface area (Å²) in [5.41, 5.74) is 0. The van der Waals surface area contributed by atoms with Gasteiger partial charge in [-0.05, 0) is 19.4 Å². The van der Waals surface area contributed by atoms with E-state index in [1.54, 1.807) is 0 Å². The maximum atomic E-state index is 5.77. The molecular weight excluding hydrogens is 186 g/mol. The minimum Gasteiger partial charge on any atom is -0.380 e. The van der Waals surface area contributed by atoms with Crippen molar-refractivity contribution < 1.29 is 4.74 Å². The molecule has 0 aromatic heterocycles. The summed E-state index contributed by atoms with van der Waals surface area (Å²) in [5, 5.41) is 0. The highest BCUT2D eigenvalue weighted by atomic mass is 35.5. The summed E-state index contributed by atoms with van der Waals surface area (Å²) in [4.78, 5) is 2.48. The lowest BCUT2D eigenvalue weighted by Gasteiger charge is -2.26. The van der Waals surface area contributed by atoms with Crippen molar-refractivity contribution >= 4 is 11.6 Å². The number of rotatable bonds is 6. The highest BCUT2D eigenvalue weighted by Gasteiger charge is 2.21. The molecule has 13 heavy (non-hydrogen) atoms. The van der Waals surface area contributed by atoms with Gasteiger partial charge in [-0.3, -0.25) is 4.90 Å². The molecule has 0 saturated carbocycles. The van der Waals surface area contributed by atoms with Crippen molar-refractivity contribution in [2.75, 3.05) is 32.2 Å². The second kappa shape index (κ2) is 6.63. The van der Waals surface area contributed by atoms with Crippen LogP contribution in [0.25, 0.3) is 0 Å². The first-order valence-corrected chi connectivity index (χ1v) is 5.79. The Bertz CT molecular complexity index is 126. The molecule has 1 rings (SSSR count). The van der Waals surface area contributed by atoms with Gasteiger partial charge in [-0.15, -0.1) is 11.6 Å². The largest absolute Gasteiger partial charge is 0.380 e. The van der Waals surface area contributed by atoms with Gasteiger partial charge in [0.15, 0.2) is 0 Å². The van der Waals surface area contributed by atoms with E-state index in [-0.39, 0.29) is 0 Å². The minimum absolute atomic E-state index is 0.630. The van der Waals surface area contributed by atoms with Crippen molar-refractivity contribution in [2.24, 2.45) is 0 Å². The summed E-state index contributed by atoms with van der Waals surface area (Å²) in [6.07, 6.45) is 3.71. The summed E-state index contributed by atoms with van der Waals surface area (Å²) < 4.78 is 5.38. The fraction of sp³-hybridized carbons (Fsp3) is 1.00. The van der Waals surface area contributed by atoms with Crippen LogP contribution in [-0.4, -0.2) is 43.1 Å². The van der Waals surface area contributed by atoms with Gasteiger partial charge in [0.2, 0.25) is 0 Å². The molecule has 1 unspecified atom stereocenters. The lowest BCUT2D eigenvalue weighted by Crippen LogP contribution is -2.37. The molecule has 1 atom stereocenters. The number of ether oxygens (including phenoxy) is 1. The number of alkyl halides is 1. The number of hydrogen-bond donors (Lipinski definition) is 0. The third-order valence-electron chi connectivity index (χ3n) is 2.59. The summed E-state index contributed by atoms with van der Waals surface area (Å²) in [5.74, 6) is 0.736. The molecule has 0 aromatic rings. The molecule has 2 nitrogen and oxygen atoms in total. The molecular formula is C10H20ClNO. The average molecular weight is 206 g/mol. The average Bonchev–Trinajstić information content (AvgIpc) is 2.65. The van der Waals surface area contributed by atoms with Gasteiger partial charge in [0.25, 0.3) is 0 Å². The van der Waals surface area contributed by atoms with E-state index < -0.39 is 0 Å². The Morgan fingerprint density at radius 1 is 1.46 bits per heavy atom. The van der Waals surface area contributed by atoms with Crippen LogP contribution in [0.1, 0.15) is 26.2 Å². The van der Waals surface area contributed by atoms with Crippen LogP contribution in [-0.2, 0) is 4.74 Å². The normalized spacial score (nSPS) is 22.8. The minimum atomic E-state index is 0.630. The van der Waals surface area contributed by atoms with Crippen LogP contribution in [0.4, 0.5) is 0 Å². The highest BCUT2D eigenvalue weighted by molar-refractivity contribution is 6.18. The molecule has 1 saturated heterocycles. The van der Waals surface area contributed by atoms with Gasteiger partial charge >= 0.3 is 0 Å². The monoisotopic (exact) mass is 205 g/mol. The number of unbranched alkanes of at least 4 members (excludes halogenated alkanes) is 1. The molecule has 1 aliphatic heterocycles. The molecule has 1 fully saturated rings. The molecule has 0 radical (unpaired) electrons. The van der Waals surface area contributed by atoms with E-state index in [9.17, 15) is 0 Å². The third-order valence-corrected chi connectivity index (χ3v) is 2.76. The molecule has 1 heterocycles. The molecule has 3 heteroatoms. The van der Waals surface area contributed by atoms with Crippen molar-refractivity contribution in [1.82, 2.24) is 4.90 Å². The Kier molecular flexibility index (Phi) is 5.76. The first-order chi connectivity index (χ1) is 6.38. The maximum absolute atomic E-state index is 5.77. The van der Waals surface area contributed by atoms with Gasteiger partial charge in [0.1, 0.15) is 0 Å². The Hall–Kier alpha value is 0.210. The van der Waals surface area contributed by atoms with Gasteiger partial charge in [-0.1, -0.05) is 13.3 Å². The van der Waals surface area contributed by atoms with Crippen LogP contribution < -0.4 is 0 Å². The molecule has 0 N–H and O–H groups in total. The zero-order chi connectivity index (χ0) is 9.52. The highest BCUT2D eigenvalue weighted by Crippen LogP contribution is 2.13. The van der Waals surface area contributed by atoms with Crippen LogP contribution in [0.2, 0.25) is 0 Å². The van der Waals surface area contributed by atoms with Gasteiger partial charge < -0.3 is 4.74 Å². The standard InChI is InChI=1S/C10H20ClNO/c1-2-3-6-12(7-5-11)10-4-8-13-9-10/h10H,2-9H2,1H3. The van der Waals surface area contributed by atoms with Crippen molar-refractivity contribution in [1.29, 1.82) is 0 Å². The van der Waals surface area contributed by atoms with Crippen LogP contribution >= 0.6 is 11.6 Å². The zero-order valence-electron chi connectivity index (χ0n) is 8.47. The predicted octanol–water partition coefficient (Wildman–Crippen LogP) is 2.12. The lowest BCUT2D eigenvalue weighted by atomic mass is 10.2. The topological polar surface area (TPSA) is 12.5 Å². The van der Waals surface area contributed by atoms with E-state index in [0.717, 1.165) is 25.6 Å². The fourth-order valence-electron chi connectivity index (χ4n) is 1.76. The van der Waals surface area contributed by atoms with E-state index in [2.05, 4.69) is 11.8 Å². The predicted molar refractivity (Wildman–Crippen MR) is 56.4 cm³/mol. The smallest absolute Gasteiger partial charge is 0.0622 e. The second-order valence-corrected chi connectivity index (χ2v) is 3.97. The molecule has 0 spiro atoms. The van der Waals surface area contributed by atoms with Crippen LogP contribution in [0, 0.1) is 0 Å².